The van der Waals surface area contributed by atoms with E-state index >= 15 is 0 Å². The molecule has 0 unspecified atom stereocenters. The van der Waals surface area contributed by atoms with Crippen molar-refractivity contribution >= 4 is 5.97 Å². The highest BCUT2D eigenvalue weighted by Crippen LogP contribution is 2.08. The summed E-state index contributed by atoms with van der Waals surface area (Å²) in [5.41, 5.74) is 1.08. The molecule has 1 rings (SSSR count). The molecule has 2 N–H and O–H groups in total. The quantitative estimate of drug-likeness (QED) is 0.714. The van der Waals surface area contributed by atoms with Gasteiger partial charge in [-0.1, -0.05) is 12.1 Å². The number of nitrogens with zero attached hydrogens (tertiary/aromatic N) is 1. The molecule has 80 valence electrons. The van der Waals surface area contributed by atoms with Gasteiger partial charge in [-0.3, -0.25) is 4.98 Å². The van der Waals surface area contributed by atoms with Gasteiger partial charge in [-0.05, 0) is 18.6 Å². The van der Waals surface area contributed by atoms with Crippen LogP contribution < -0.4 is 5.32 Å². The standard InChI is InChI=1S/C11H14N2O2/c1-9(10-4-2-6-12-8-10)13-7-3-5-11(14)15/h2-6,8-9,13H,7H2,1H3,(H,14,15)/b5-3+/t9-/m1/s1. The molecule has 15 heavy (non-hydrogen) atoms. The number of pyridine rings is 1. The van der Waals surface area contributed by atoms with Gasteiger partial charge in [0.2, 0.25) is 0 Å². The molecule has 0 bridgehead atoms. The van der Waals surface area contributed by atoms with E-state index in [1.165, 1.54) is 0 Å². The summed E-state index contributed by atoms with van der Waals surface area (Å²) in [7, 11) is 0. The molecule has 4 heteroatoms. The number of hydrogen-bond acceptors (Lipinski definition) is 3. The van der Waals surface area contributed by atoms with Gasteiger partial charge in [0.1, 0.15) is 0 Å². The molecule has 1 aromatic heterocycles. The van der Waals surface area contributed by atoms with Crippen LogP contribution in [0.4, 0.5) is 0 Å². The Labute approximate surface area is 88.7 Å². The Morgan fingerprint density at radius 2 is 2.53 bits per heavy atom. The van der Waals surface area contributed by atoms with Gasteiger partial charge in [0.15, 0.2) is 0 Å². The van der Waals surface area contributed by atoms with Crippen LogP contribution in [0.25, 0.3) is 0 Å². The molecule has 0 aliphatic carbocycles. The molecular formula is C11H14N2O2. The van der Waals surface area contributed by atoms with Crippen LogP contribution in [0.2, 0.25) is 0 Å². The van der Waals surface area contributed by atoms with Gasteiger partial charge in [0.05, 0.1) is 0 Å². The summed E-state index contributed by atoms with van der Waals surface area (Å²) in [5, 5.41) is 11.5. The summed E-state index contributed by atoms with van der Waals surface area (Å²) >= 11 is 0. The van der Waals surface area contributed by atoms with Crippen LogP contribution in [0.1, 0.15) is 18.5 Å². The van der Waals surface area contributed by atoms with Crippen LogP contribution in [-0.2, 0) is 4.79 Å². The van der Waals surface area contributed by atoms with E-state index in [2.05, 4.69) is 10.3 Å². The molecule has 0 fully saturated rings. The van der Waals surface area contributed by atoms with Gasteiger partial charge in [0, 0.05) is 31.1 Å². The fraction of sp³-hybridized carbons (Fsp3) is 0.273. The van der Waals surface area contributed by atoms with E-state index in [1.54, 1.807) is 18.5 Å². The third-order valence-electron chi connectivity index (χ3n) is 1.99. The minimum atomic E-state index is -0.925. The summed E-state index contributed by atoms with van der Waals surface area (Å²) in [6, 6.07) is 4.02. The normalized spacial score (nSPS) is 12.9. The van der Waals surface area contributed by atoms with Crippen molar-refractivity contribution < 1.29 is 9.90 Å². The van der Waals surface area contributed by atoms with Crippen LogP contribution in [0, 0.1) is 0 Å². The van der Waals surface area contributed by atoms with Gasteiger partial charge in [0.25, 0.3) is 0 Å². The first-order chi connectivity index (χ1) is 7.20. The summed E-state index contributed by atoms with van der Waals surface area (Å²) in [5.74, 6) is -0.925. The van der Waals surface area contributed by atoms with Gasteiger partial charge in [-0.25, -0.2) is 4.79 Å². The van der Waals surface area contributed by atoms with Crippen molar-refractivity contribution in [3.63, 3.8) is 0 Å². The van der Waals surface area contributed by atoms with E-state index in [4.69, 9.17) is 5.11 Å². The minimum absolute atomic E-state index is 0.164. The second-order valence-corrected chi connectivity index (χ2v) is 3.16. The van der Waals surface area contributed by atoms with E-state index in [1.807, 2.05) is 19.1 Å². The highest BCUT2D eigenvalue weighted by molar-refractivity contribution is 5.79. The third kappa shape index (κ3) is 4.37. The fourth-order valence-corrected chi connectivity index (χ4v) is 1.15. The molecule has 0 saturated carbocycles. The highest BCUT2D eigenvalue weighted by Gasteiger charge is 2.01. The topological polar surface area (TPSA) is 62.2 Å². The first kappa shape index (κ1) is 11.4. The van der Waals surface area contributed by atoms with Crippen molar-refractivity contribution in [1.29, 1.82) is 0 Å². The molecule has 0 aromatic carbocycles. The molecule has 0 saturated heterocycles. The van der Waals surface area contributed by atoms with Crippen molar-refractivity contribution in [3.05, 3.63) is 42.2 Å². The van der Waals surface area contributed by atoms with Crippen LogP contribution >= 0.6 is 0 Å². The van der Waals surface area contributed by atoms with Gasteiger partial charge >= 0.3 is 5.97 Å². The first-order valence-corrected chi connectivity index (χ1v) is 4.73. The maximum atomic E-state index is 10.2. The number of aromatic nitrogens is 1. The number of aliphatic carboxylic acids is 1. The lowest BCUT2D eigenvalue weighted by Gasteiger charge is -2.11. The summed E-state index contributed by atoms with van der Waals surface area (Å²) < 4.78 is 0. The van der Waals surface area contributed by atoms with Crippen LogP contribution in [-0.4, -0.2) is 22.6 Å². The van der Waals surface area contributed by atoms with Crippen LogP contribution in [0.5, 0.6) is 0 Å². The number of carbonyl (C=O) groups is 1. The smallest absolute Gasteiger partial charge is 0.328 e. The van der Waals surface area contributed by atoms with E-state index in [0.717, 1.165) is 11.6 Å². The highest BCUT2D eigenvalue weighted by atomic mass is 16.4. The Morgan fingerprint density at radius 1 is 1.73 bits per heavy atom. The molecule has 4 nitrogen and oxygen atoms in total. The molecule has 0 radical (unpaired) electrons. The average molecular weight is 206 g/mol. The molecule has 0 spiro atoms. The molecule has 0 amide bonds. The maximum Gasteiger partial charge on any atom is 0.328 e. The fourth-order valence-electron chi connectivity index (χ4n) is 1.15. The van der Waals surface area contributed by atoms with Gasteiger partial charge in [-0.2, -0.15) is 0 Å². The van der Waals surface area contributed by atoms with Crippen LogP contribution in [0.15, 0.2) is 36.7 Å². The number of rotatable bonds is 5. The molecule has 1 aromatic rings. The van der Waals surface area contributed by atoms with E-state index in [9.17, 15) is 4.79 Å². The predicted molar refractivity (Wildman–Crippen MR) is 57.4 cm³/mol. The molecule has 0 aliphatic rings. The monoisotopic (exact) mass is 206 g/mol. The van der Waals surface area contributed by atoms with Crippen molar-refractivity contribution in [2.45, 2.75) is 13.0 Å². The summed E-state index contributed by atoms with van der Waals surface area (Å²) in [6.07, 6.45) is 6.22. The van der Waals surface area contributed by atoms with Crippen molar-refractivity contribution in [3.8, 4) is 0 Å². The molecule has 1 atom stereocenters. The predicted octanol–water partition coefficient (Wildman–Crippen LogP) is 1.37. The zero-order chi connectivity index (χ0) is 11.1. The van der Waals surface area contributed by atoms with Crippen LogP contribution in [0.3, 0.4) is 0 Å². The SMILES string of the molecule is C[C@@H](NC/C=C/C(=O)O)c1cccnc1. The Bertz CT molecular complexity index is 336. The largest absolute Gasteiger partial charge is 0.478 e. The number of hydrogen-bond donors (Lipinski definition) is 2. The second-order valence-electron chi connectivity index (χ2n) is 3.16. The van der Waals surface area contributed by atoms with Gasteiger partial charge in [-0.15, -0.1) is 0 Å². The van der Waals surface area contributed by atoms with Crippen molar-refractivity contribution in [1.82, 2.24) is 10.3 Å². The zero-order valence-corrected chi connectivity index (χ0v) is 8.55. The molecule has 0 aliphatic heterocycles. The number of carboxylic acid groups (broad SMARTS) is 1. The lowest BCUT2D eigenvalue weighted by molar-refractivity contribution is -0.131. The van der Waals surface area contributed by atoms with Crippen molar-refractivity contribution in [2.24, 2.45) is 0 Å². The van der Waals surface area contributed by atoms with E-state index < -0.39 is 5.97 Å². The Hall–Kier alpha value is -1.68. The molecular weight excluding hydrogens is 192 g/mol. The van der Waals surface area contributed by atoms with E-state index in [-0.39, 0.29) is 6.04 Å². The first-order valence-electron chi connectivity index (χ1n) is 4.73. The summed E-state index contributed by atoms with van der Waals surface area (Å²) in [4.78, 5) is 14.2. The molecule has 1 heterocycles. The third-order valence-corrected chi connectivity index (χ3v) is 1.99. The Kier molecular flexibility index (Phi) is 4.50. The maximum absolute atomic E-state index is 10.2. The number of nitrogens with one attached hydrogen (secondary N) is 1. The Balaban J connectivity index is 2.37. The Morgan fingerprint density at radius 3 is 3.13 bits per heavy atom. The second kappa shape index (κ2) is 5.93. The van der Waals surface area contributed by atoms with Gasteiger partial charge < -0.3 is 10.4 Å². The number of carboxylic acids is 1. The van der Waals surface area contributed by atoms with Crippen molar-refractivity contribution in [2.75, 3.05) is 6.54 Å². The summed E-state index contributed by atoms with van der Waals surface area (Å²) in [6.45, 7) is 2.54. The lowest BCUT2D eigenvalue weighted by atomic mass is 10.1. The minimum Gasteiger partial charge on any atom is -0.478 e. The lowest BCUT2D eigenvalue weighted by Crippen LogP contribution is -2.18. The zero-order valence-electron chi connectivity index (χ0n) is 8.55. The average Bonchev–Trinajstić information content (AvgIpc) is 2.25. The van der Waals surface area contributed by atoms with E-state index in [0.29, 0.717) is 6.54 Å².